The van der Waals surface area contributed by atoms with Crippen molar-refractivity contribution in [1.29, 1.82) is 0 Å². The Kier molecular flexibility index (Phi) is 14.3. The predicted octanol–water partition coefficient (Wildman–Crippen LogP) is -0.0635. The first-order chi connectivity index (χ1) is 22.4. The molecule has 254 valence electrons. The number of carbonyl (C=O) groups excluding carboxylic acids is 5. The number of Topliss-reactive ketones (excluding diaryl/α,β-unsaturated/α-hetero) is 1. The molecule has 1 saturated carbocycles. The van der Waals surface area contributed by atoms with Crippen LogP contribution in [-0.2, 0) is 36.8 Å². The monoisotopic (exact) mass is 653 g/mol. The summed E-state index contributed by atoms with van der Waals surface area (Å²) < 4.78 is 13.3. The van der Waals surface area contributed by atoms with E-state index in [1.807, 2.05) is 60.7 Å². The molecule has 0 unspecified atom stereocenters. The fourth-order valence-electron chi connectivity index (χ4n) is 4.80. The summed E-state index contributed by atoms with van der Waals surface area (Å²) >= 11 is 0. The summed E-state index contributed by atoms with van der Waals surface area (Å²) in [7, 11) is 0. The highest BCUT2D eigenvalue weighted by Crippen LogP contribution is 2.24. The quantitative estimate of drug-likeness (QED) is 0.0470. The number of carbonyl (C=O) groups is 5. The second-order valence-corrected chi connectivity index (χ2v) is 11.6. The molecule has 4 amide bonds. The van der Waals surface area contributed by atoms with Crippen molar-refractivity contribution in [2.24, 2.45) is 16.5 Å². The van der Waals surface area contributed by atoms with E-state index in [-0.39, 0.29) is 50.5 Å². The normalized spacial score (nSPS) is 17.6. The van der Waals surface area contributed by atoms with Crippen LogP contribution in [0.3, 0.4) is 0 Å². The molecule has 0 radical (unpaired) electrons. The first kappa shape index (κ1) is 36.6. The van der Waals surface area contributed by atoms with E-state index in [4.69, 9.17) is 11.5 Å². The van der Waals surface area contributed by atoms with Gasteiger partial charge in [0.2, 0.25) is 23.5 Å². The number of nitrogens with two attached hydrogens (primary N) is 2. The lowest BCUT2D eigenvalue weighted by atomic mass is 10.0. The van der Waals surface area contributed by atoms with E-state index >= 15 is 0 Å². The lowest BCUT2D eigenvalue weighted by molar-refractivity contribution is -0.141. The van der Waals surface area contributed by atoms with Crippen LogP contribution in [0.4, 0.5) is 4.39 Å². The van der Waals surface area contributed by atoms with E-state index < -0.39 is 59.9 Å². The van der Waals surface area contributed by atoms with Crippen LogP contribution in [-0.4, -0.2) is 83.5 Å². The van der Waals surface area contributed by atoms with Gasteiger partial charge in [-0.1, -0.05) is 60.7 Å². The van der Waals surface area contributed by atoms with Gasteiger partial charge in [-0.15, -0.1) is 0 Å². The molecule has 1 fully saturated rings. The molecular weight excluding hydrogens is 609 g/mol. The zero-order valence-electron chi connectivity index (χ0n) is 26.4. The number of amides is 4. The molecule has 0 heterocycles. The smallest absolute Gasteiger partial charge is 0.289 e. The minimum atomic E-state index is -1.54. The molecule has 0 bridgehead atoms. The molecule has 47 heavy (non-hydrogen) atoms. The van der Waals surface area contributed by atoms with E-state index in [1.54, 1.807) is 0 Å². The summed E-state index contributed by atoms with van der Waals surface area (Å²) in [4.78, 5) is 69.1. The Morgan fingerprint density at radius 2 is 1.47 bits per heavy atom. The van der Waals surface area contributed by atoms with Gasteiger partial charge in [0, 0.05) is 19.4 Å². The van der Waals surface area contributed by atoms with Crippen LogP contribution in [0.1, 0.15) is 50.2 Å². The topological polar surface area (TPSA) is 218 Å². The summed E-state index contributed by atoms with van der Waals surface area (Å²) in [6, 6.07) is 14.0. The minimum Gasteiger partial charge on any atom is -0.391 e. The molecule has 1 aliphatic rings. The molecule has 2 aromatic carbocycles. The number of hydrogen-bond acceptors (Lipinski definition) is 7. The van der Waals surface area contributed by atoms with E-state index in [9.17, 15) is 33.5 Å². The van der Waals surface area contributed by atoms with Crippen LogP contribution < -0.4 is 32.7 Å². The number of ketones is 1. The predicted molar refractivity (Wildman–Crippen MR) is 173 cm³/mol. The van der Waals surface area contributed by atoms with Crippen LogP contribution in [0.2, 0.25) is 0 Å². The van der Waals surface area contributed by atoms with Crippen LogP contribution in [0.5, 0.6) is 0 Å². The summed E-state index contributed by atoms with van der Waals surface area (Å²) in [5.41, 5.74) is 12.6. The van der Waals surface area contributed by atoms with Gasteiger partial charge in [-0.3, -0.25) is 29.0 Å². The third-order valence-electron chi connectivity index (χ3n) is 7.59. The lowest BCUT2D eigenvalue weighted by Crippen LogP contribution is -2.59. The number of aliphatic imine (C=N–C) groups is 1. The molecule has 1 aliphatic carbocycles. The highest BCUT2D eigenvalue weighted by Gasteiger charge is 2.41. The van der Waals surface area contributed by atoms with Crippen molar-refractivity contribution in [3.8, 4) is 0 Å². The van der Waals surface area contributed by atoms with Gasteiger partial charge in [0.25, 0.3) is 5.91 Å². The van der Waals surface area contributed by atoms with Crippen molar-refractivity contribution in [3.63, 3.8) is 0 Å². The van der Waals surface area contributed by atoms with Crippen LogP contribution in [0.15, 0.2) is 65.7 Å². The Bertz CT molecular complexity index is 1390. The van der Waals surface area contributed by atoms with Crippen LogP contribution >= 0.6 is 0 Å². The summed E-state index contributed by atoms with van der Waals surface area (Å²) in [5.74, 6) is -4.30. The third kappa shape index (κ3) is 12.8. The largest absolute Gasteiger partial charge is 0.391 e. The third-order valence-corrected chi connectivity index (χ3v) is 7.59. The minimum absolute atomic E-state index is 0.0594. The molecule has 0 saturated heterocycles. The van der Waals surface area contributed by atoms with Gasteiger partial charge in [0.05, 0.1) is 18.2 Å². The van der Waals surface area contributed by atoms with Crippen molar-refractivity contribution >= 4 is 35.4 Å². The number of hydrogen-bond donors (Lipinski definition) is 7. The number of halogens is 1. The molecule has 14 heteroatoms. The number of nitrogens with zero attached hydrogens (tertiary/aromatic N) is 1. The zero-order valence-corrected chi connectivity index (χ0v) is 26.4. The second kappa shape index (κ2) is 18.3. The number of guanidine groups is 1. The highest BCUT2D eigenvalue weighted by molar-refractivity contribution is 6.38. The Labute approximate surface area is 273 Å². The SMILES string of the molecule is C[C@H](O)[C@H](NC(=O)[C@H](CCc1ccccc1)NC(=O)CCc1ccccc1)C(=O)N[C@@H](CCCN=C(N)N)C(=O)C(=O)N[C@@H]1C[C@@H]1F. The van der Waals surface area contributed by atoms with Crippen molar-refractivity contribution in [2.75, 3.05) is 6.54 Å². The number of aliphatic hydroxyl groups excluding tert-OH is 1. The lowest BCUT2D eigenvalue weighted by Gasteiger charge is -2.26. The second-order valence-electron chi connectivity index (χ2n) is 11.6. The summed E-state index contributed by atoms with van der Waals surface area (Å²) in [6.45, 7) is 1.38. The standard InChI is InChI=1S/C33H44FN7O6/c1-20(42)28(31(46)39-24(13-8-18-37-33(35)36)29(44)32(47)40-26-19-23(26)34)41-30(45)25(16-14-21-9-4-2-5-10-21)38-27(43)17-15-22-11-6-3-7-12-22/h2-7,9-12,20,23-26,28,42H,8,13-19H2,1H3,(H,38,43)(H,39,46)(H,40,47)(H,41,45)(H4,35,36,37)/t20-,23-,24-,25-,26+,28-/m0/s1. The highest BCUT2D eigenvalue weighted by atomic mass is 19.1. The molecule has 0 aliphatic heterocycles. The van der Waals surface area contributed by atoms with Crippen LogP contribution in [0.25, 0.3) is 0 Å². The molecule has 13 nitrogen and oxygen atoms in total. The Hall–Kier alpha value is -4.85. The number of alkyl halides is 1. The van der Waals surface area contributed by atoms with Gasteiger partial charge < -0.3 is 37.8 Å². The summed E-state index contributed by atoms with van der Waals surface area (Å²) in [6.07, 6.45) is -1.24. The van der Waals surface area contributed by atoms with Crippen LogP contribution in [0, 0.1) is 0 Å². The molecule has 2 aromatic rings. The summed E-state index contributed by atoms with van der Waals surface area (Å²) in [5, 5.41) is 20.5. The Morgan fingerprint density at radius 3 is 2.02 bits per heavy atom. The van der Waals surface area contributed by atoms with Crippen molar-refractivity contribution in [3.05, 3.63) is 71.8 Å². The molecule has 9 N–H and O–H groups in total. The van der Waals surface area contributed by atoms with Gasteiger partial charge in [0.15, 0.2) is 5.96 Å². The van der Waals surface area contributed by atoms with Gasteiger partial charge in [-0.05, 0) is 50.2 Å². The Balaban J connectivity index is 1.70. The number of nitrogens with one attached hydrogen (secondary N) is 4. The van der Waals surface area contributed by atoms with Crippen molar-refractivity contribution < 1.29 is 33.5 Å². The average Bonchev–Trinajstić information content (AvgIpc) is 3.75. The van der Waals surface area contributed by atoms with Crippen molar-refractivity contribution in [2.45, 2.75) is 88.3 Å². The molecule has 6 atom stereocenters. The molecule has 0 spiro atoms. The maximum Gasteiger partial charge on any atom is 0.289 e. The van der Waals surface area contributed by atoms with Gasteiger partial charge >= 0.3 is 0 Å². The first-order valence-corrected chi connectivity index (χ1v) is 15.6. The Morgan fingerprint density at radius 1 is 0.872 bits per heavy atom. The maximum absolute atomic E-state index is 13.5. The van der Waals surface area contributed by atoms with Gasteiger partial charge in [-0.2, -0.15) is 0 Å². The van der Waals surface area contributed by atoms with E-state index in [2.05, 4.69) is 26.3 Å². The average molecular weight is 654 g/mol. The number of rotatable bonds is 19. The van der Waals surface area contributed by atoms with Crippen molar-refractivity contribution in [1.82, 2.24) is 21.3 Å². The number of benzene rings is 2. The van der Waals surface area contributed by atoms with Gasteiger partial charge in [-0.25, -0.2) is 4.39 Å². The number of aliphatic hydroxyl groups is 1. The fraction of sp³-hybridized carbons (Fsp3) is 0.455. The molecule has 0 aromatic heterocycles. The zero-order chi connectivity index (χ0) is 34.3. The maximum atomic E-state index is 13.5. The molecule has 3 rings (SSSR count). The first-order valence-electron chi connectivity index (χ1n) is 15.6. The fourth-order valence-corrected chi connectivity index (χ4v) is 4.80. The molecular formula is C33H44FN7O6. The number of aryl methyl sites for hydroxylation is 2. The van der Waals surface area contributed by atoms with E-state index in [0.717, 1.165) is 11.1 Å². The van der Waals surface area contributed by atoms with Gasteiger partial charge in [0.1, 0.15) is 18.3 Å². The van der Waals surface area contributed by atoms with E-state index in [0.29, 0.717) is 12.8 Å². The van der Waals surface area contributed by atoms with E-state index in [1.165, 1.54) is 6.92 Å².